The summed E-state index contributed by atoms with van der Waals surface area (Å²) in [6.07, 6.45) is 2.56. The summed E-state index contributed by atoms with van der Waals surface area (Å²) in [6, 6.07) is 5.15. The molecule has 1 aromatic heterocycles. The third kappa shape index (κ3) is 5.48. The quantitative estimate of drug-likeness (QED) is 0.709. The second-order valence-corrected chi connectivity index (χ2v) is 7.91. The predicted molar refractivity (Wildman–Crippen MR) is 98.0 cm³/mol. The molecule has 134 valence electrons. The molecule has 0 saturated heterocycles. The average Bonchev–Trinajstić information content (AvgIpc) is 2.44. The van der Waals surface area contributed by atoms with Gasteiger partial charge in [-0.15, -0.1) is 0 Å². The first-order chi connectivity index (χ1) is 11.7. The standard InChI is InChI=1S/C15H16Cl2N4O3S/c1-9(2)19-15(22)21-25(23,24)14-8-18-4-3-13(14)20-12-6-10(16)5-11(17)7-12/h3-9H,1-2H3,(H,18,20)(H2,19,21,22). The maximum atomic E-state index is 12.5. The topological polar surface area (TPSA) is 100 Å². The monoisotopic (exact) mass is 402 g/mol. The van der Waals surface area contributed by atoms with Gasteiger partial charge < -0.3 is 10.6 Å². The van der Waals surface area contributed by atoms with E-state index in [1.54, 1.807) is 32.0 Å². The van der Waals surface area contributed by atoms with E-state index < -0.39 is 16.1 Å². The predicted octanol–water partition coefficient (Wildman–Crippen LogP) is 3.53. The molecule has 0 saturated carbocycles. The van der Waals surface area contributed by atoms with Gasteiger partial charge >= 0.3 is 6.03 Å². The Morgan fingerprint density at radius 3 is 2.40 bits per heavy atom. The molecule has 0 radical (unpaired) electrons. The number of benzene rings is 1. The van der Waals surface area contributed by atoms with Gasteiger partial charge in [-0.25, -0.2) is 17.9 Å². The van der Waals surface area contributed by atoms with Crippen molar-refractivity contribution in [2.45, 2.75) is 24.8 Å². The highest BCUT2D eigenvalue weighted by Gasteiger charge is 2.22. The molecule has 0 aliphatic heterocycles. The minimum absolute atomic E-state index is 0.190. The molecule has 0 aliphatic rings. The number of carbonyl (C=O) groups excluding carboxylic acids is 1. The van der Waals surface area contributed by atoms with Crippen molar-refractivity contribution in [1.82, 2.24) is 15.0 Å². The highest BCUT2D eigenvalue weighted by Crippen LogP contribution is 2.28. The van der Waals surface area contributed by atoms with E-state index in [9.17, 15) is 13.2 Å². The third-order valence-corrected chi connectivity index (χ3v) is 4.66. The zero-order valence-electron chi connectivity index (χ0n) is 13.4. The molecule has 0 aliphatic carbocycles. The Hall–Kier alpha value is -2.03. The lowest BCUT2D eigenvalue weighted by Crippen LogP contribution is -2.42. The van der Waals surface area contributed by atoms with E-state index in [0.29, 0.717) is 15.7 Å². The average molecular weight is 403 g/mol. The van der Waals surface area contributed by atoms with E-state index in [1.807, 2.05) is 4.72 Å². The first kappa shape index (κ1) is 19.3. The van der Waals surface area contributed by atoms with Gasteiger partial charge in [0.15, 0.2) is 0 Å². The van der Waals surface area contributed by atoms with Crippen molar-refractivity contribution in [3.63, 3.8) is 0 Å². The summed E-state index contributed by atoms with van der Waals surface area (Å²) in [6.45, 7) is 3.43. The molecular weight excluding hydrogens is 387 g/mol. The van der Waals surface area contributed by atoms with Crippen LogP contribution in [-0.2, 0) is 10.0 Å². The van der Waals surface area contributed by atoms with Gasteiger partial charge in [0, 0.05) is 34.2 Å². The maximum absolute atomic E-state index is 12.5. The number of rotatable bonds is 5. The molecule has 1 aromatic carbocycles. The first-order valence-corrected chi connectivity index (χ1v) is 9.42. The Kier molecular flexibility index (Phi) is 6.10. The van der Waals surface area contributed by atoms with Crippen molar-refractivity contribution in [2.24, 2.45) is 0 Å². The van der Waals surface area contributed by atoms with E-state index >= 15 is 0 Å². The van der Waals surface area contributed by atoms with Crippen LogP contribution in [0.4, 0.5) is 16.2 Å². The highest BCUT2D eigenvalue weighted by atomic mass is 35.5. The van der Waals surface area contributed by atoms with Crippen LogP contribution in [0.15, 0.2) is 41.6 Å². The van der Waals surface area contributed by atoms with Gasteiger partial charge in [0.25, 0.3) is 10.0 Å². The normalized spacial score (nSPS) is 11.2. The van der Waals surface area contributed by atoms with Crippen LogP contribution in [0.25, 0.3) is 0 Å². The Balaban J connectivity index is 2.32. The van der Waals surface area contributed by atoms with Crippen LogP contribution in [0.3, 0.4) is 0 Å². The molecule has 10 heteroatoms. The minimum Gasteiger partial charge on any atom is -0.354 e. The Morgan fingerprint density at radius 1 is 1.16 bits per heavy atom. The SMILES string of the molecule is CC(C)NC(=O)NS(=O)(=O)c1cnccc1Nc1cc(Cl)cc(Cl)c1. The summed E-state index contributed by atoms with van der Waals surface area (Å²) in [7, 11) is -4.13. The van der Waals surface area contributed by atoms with Gasteiger partial charge in [-0.3, -0.25) is 4.98 Å². The van der Waals surface area contributed by atoms with Crippen molar-refractivity contribution in [3.8, 4) is 0 Å². The van der Waals surface area contributed by atoms with Crippen molar-refractivity contribution in [2.75, 3.05) is 5.32 Å². The largest absolute Gasteiger partial charge is 0.354 e. The molecular formula is C15H16Cl2N4O3S. The van der Waals surface area contributed by atoms with Gasteiger partial charge in [-0.05, 0) is 38.1 Å². The lowest BCUT2D eigenvalue weighted by Gasteiger charge is -2.14. The van der Waals surface area contributed by atoms with Gasteiger partial charge in [-0.1, -0.05) is 23.2 Å². The zero-order chi connectivity index (χ0) is 18.6. The summed E-state index contributed by atoms with van der Waals surface area (Å²) in [5.41, 5.74) is 0.713. The number of hydrogen-bond acceptors (Lipinski definition) is 5. The molecule has 0 spiro atoms. The number of amides is 2. The number of pyridine rings is 1. The summed E-state index contributed by atoms with van der Waals surface area (Å²) < 4.78 is 26.9. The van der Waals surface area contributed by atoms with Crippen molar-refractivity contribution in [3.05, 3.63) is 46.7 Å². The Labute approximate surface area is 155 Å². The van der Waals surface area contributed by atoms with Crippen molar-refractivity contribution in [1.29, 1.82) is 0 Å². The van der Waals surface area contributed by atoms with Gasteiger partial charge in [-0.2, -0.15) is 0 Å². The molecule has 7 nitrogen and oxygen atoms in total. The number of nitrogens with zero attached hydrogens (tertiary/aromatic N) is 1. The number of sulfonamides is 1. The van der Waals surface area contributed by atoms with Crippen LogP contribution < -0.4 is 15.4 Å². The lowest BCUT2D eigenvalue weighted by atomic mass is 10.3. The van der Waals surface area contributed by atoms with Crippen molar-refractivity contribution >= 4 is 50.6 Å². The molecule has 1 heterocycles. The molecule has 0 atom stereocenters. The summed E-state index contributed by atoms with van der Waals surface area (Å²) in [5.74, 6) is 0. The van der Waals surface area contributed by atoms with Crippen LogP contribution in [0.1, 0.15) is 13.8 Å². The number of halogens is 2. The van der Waals surface area contributed by atoms with Crippen LogP contribution in [0, 0.1) is 0 Å². The lowest BCUT2D eigenvalue weighted by molar-refractivity contribution is 0.243. The fourth-order valence-electron chi connectivity index (χ4n) is 1.95. The summed E-state index contributed by atoms with van der Waals surface area (Å²) in [5, 5.41) is 6.15. The molecule has 2 rings (SSSR count). The summed E-state index contributed by atoms with van der Waals surface area (Å²) >= 11 is 11.9. The minimum atomic E-state index is -4.13. The second-order valence-electron chi connectivity index (χ2n) is 5.39. The number of anilines is 2. The first-order valence-electron chi connectivity index (χ1n) is 7.18. The molecule has 3 N–H and O–H groups in total. The van der Waals surface area contributed by atoms with E-state index in [0.717, 1.165) is 6.20 Å². The number of aromatic nitrogens is 1. The zero-order valence-corrected chi connectivity index (χ0v) is 15.7. The van der Waals surface area contributed by atoms with Gasteiger partial charge in [0.1, 0.15) is 4.90 Å². The van der Waals surface area contributed by atoms with Crippen LogP contribution in [0.5, 0.6) is 0 Å². The number of nitrogens with one attached hydrogen (secondary N) is 3. The molecule has 2 amide bonds. The smallest absolute Gasteiger partial charge is 0.328 e. The maximum Gasteiger partial charge on any atom is 0.328 e. The fourth-order valence-corrected chi connectivity index (χ4v) is 3.49. The third-order valence-electron chi connectivity index (χ3n) is 2.86. The molecule has 0 fully saturated rings. The van der Waals surface area contributed by atoms with E-state index in [1.165, 1.54) is 12.3 Å². The highest BCUT2D eigenvalue weighted by molar-refractivity contribution is 7.90. The van der Waals surface area contributed by atoms with Crippen molar-refractivity contribution < 1.29 is 13.2 Å². The van der Waals surface area contributed by atoms with Crippen LogP contribution in [-0.4, -0.2) is 25.5 Å². The Bertz CT molecular complexity index is 868. The van der Waals surface area contributed by atoms with E-state index in [2.05, 4.69) is 15.6 Å². The van der Waals surface area contributed by atoms with Crippen LogP contribution in [0.2, 0.25) is 10.0 Å². The molecule has 2 aromatic rings. The second kappa shape index (κ2) is 7.90. The van der Waals surface area contributed by atoms with Gasteiger partial charge in [0.2, 0.25) is 0 Å². The van der Waals surface area contributed by atoms with E-state index in [4.69, 9.17) is 23.2 Å². The van der Waals surface area contributed by atoms with Crippen LogP contribution >= 0.6 is 23.2 Å². The number of carbonyl (C=O) groups is 1. The summed E-state index contributed by atoms with van der Waals surface area (Å²) in [4.78, 5) is 15.3. The number of hydrogen-bond donors (Lipinski definition) is 3. The Morgan fingerprint density at radius 2 is 1.80 bits per heavy atom. The fraction of sp³-hybridized carbons (Fsp3) is 0.200. The van der Waals surface area contributed by atoms with Gasteiger partial charge in [0.05, 0.1) is 5.69 Å². The molecule has 0 bridgehead atoms. The number of urea groups is 1. The molecule has 25 heavy (non-hydrogen) atoms. The van der Waals surface area contributed by atoms with E-state index in [-0.39, 0.29) is 16.6 Å². The molecule has 0 unspecified atom stereocenters.